The summed E-state index contributed by atoms with van der Waals surface area (Å²) in [5, 5.41) is 10.2. The van der Waals surface area contributed by atoms with Crippen molar-refractivity contribution in [2.24, 2.45) is 0 Å². The van der Waals surface area contributed by atoms with Gasteiger partial charge >= 0.3 is 0 Å². The molecule has 0 radical (unpaired) electrons. The lowest BCUT2D eigenvalue weighted by Gasteiger charge is -2.13. The standard InChI is InChI=1S/C9H17N3/c1-3-5-10-9(4-2)8-6-11-12-7-8/h6-7,9-10H,3-5H2,1-2H3,(H,11,12). The van der Waals surface area contributed by atoms with Crippen molar-refractivity contribution in [2.45, 2.75) is 32.7 Å². The fraction of sp³-hybridized carbons (Fsp3) is 0.667. The second kappa shape index (κ2) is 4.93. The van der Waals surface area contributed by atoms with Crippen LogP contribution in [0.15, 0.2) is 12.4 Å². The monoisotopic (exact) mass is 167 g/mol. The molecule has 1 rings (SSSR count). The summed E-state index contributed by atoms with van der Waals surface area (Å²) in [6, 6.07) is 0.462. The number of nitrogens with one attached hydrogen (secondary N) is 2. The van der Waals surface area contributed by atoms with Crippen molar-refractivity contribution in [1.29, 1.82) is 0 Å². The maximum absolute atomic E-state index is 3.93. The Bertz CT molecular complexity index is 194. The van der Waals surface area contributed by atoms with Crippen LogP contribution in [-0.4, -0.2) is 16.7 Å². The van der Waals surface area contributed by atoms with Gasteiger partial charge in [0.2, 0.25) is 0 Å². The lowest BCUT2D eigenvalue weighted by molar-refractivity contribution is 0.518. The van der Waals surface area contributed by atoms with E-state index < -0.39 is 0 Å². The van der Waals surface area contributed by atoms with Crippen LogP contribution in [0.4, 0.5) is 0 Å². The smallest absolute Gasteiger partial charge is 0.0535 e. The molecule has 2 N–H and O–H groups in total. The molecule has 68 valence electrons. The van der Waals surface area contributed by atoms with Crippen LogP contribution in [0.1, 0.15) is 38.3 Å². The molecule has 0 fully saturated rings. The highest BCUT2D eigenvalue weighted by Gasteiger charge is 2.07. The van der Waals surface area contributed by atoms with E-state index in [-0.39, 0.29) is 0 Å². The van der Waals surface area contributed by atoms with E-state index in [9.17, 15) is 0 Å². The summed E-state index contributed by atoms with van der Waals surface area (Å²) in [4.78, 5) is 0. The Balaban J connectivity index is 2.45. The number of H-pyrrole nitrogens is 1. The number of hydrogen-bond acceptors (Lipinski definition) is 2. The molecule has 3 nitrogen and oxygen atoms in total. The summed E-state index contributed by atoms with van der Waals surface area (Å²) in [6.45, 7) is 5.43. The quantitative estimate of drug-likeness (QED) is 0.702. The molecule has 0 amide bonds. The lowest BCUT2D eigenvalue weighted by atomic mass is 10.1. The minimum atomic E-state index is 0.462. The van der Waals surface area contributed by atoms with E-state index in [1.54, 1.807) is 0 Å². The maximum atomic E-state index is 3.93. The molecule has 0 aliphatic carbocycles. The van der Waals surface area contributed by atoms with E-state index in [0.29, 0.717) is 6.04 Å². The Hall–Kier alpha value is -0.830. The van der Waals surface area contributed by atoms with E-state index in [1.165, 1.54) is 12.0 Å². The summed E-state index contributed by atoms with van der Waals surface area (Å²) in [7, 11) is 0. The largest absolute Gasteiger partial charge is 0.310 e. The Morgan fingerprint density at radius 3 is 2.92 bits per heavy atom. The van der Waals surface area contributed by atoms with Gasteiger partial charge in [0.1, 0.15) is 0 Å². The van der Waals surface area contributed by atoms with Gasteiger partial charge in [0.25, 0.3) is 0 Å². The van der Waals surface area contributed by atoms with Crippen molar-refractivity contribution in [2.75, 3.05) is 6.54 Å². The van der Waals surface area contributed by atoms with Crippen LogP contribution in [-0.2, 0) is 0 Å². The molecule has 0 aromatic carbocycles. The average molecular weight is 167 g/mol. The van der Waals surface area contributed by atoms with E-state index in [0.717, 1.165) is 13.0 Å². The van der Waals surface area contributed by atoms with Crippen molar-refractivity contribution in [3.05, 3.63) is 18.0 Å². The summed E-state index contributed by atoms with van der Waals surface area (Å²) < 4.78 is 0. The van der Waals surface area contributed by atoms with Crippen LogP contribution < -0.4 is 5.32 Å². The number of aromatic amines is 1. The Morgan fingerprint density at radius 1 is 1.58 bits per heavy atom. The maximum Gasteiger partial charge on any atom is 0.0535 e. The normalized spacial score (nSPS) is 13.2. The molecule has 0 bridgehead atoms. The Kier molecular flexibility index (Phi) is 3.80. The van der Waals surface area contributed by atoms with Crippen LogP contribution in [0.3, 0.4) is 0 Å². The van der Waals surface area contributed by atoms with Gasteiger partial charge in [-0.05, 0) is 19.4 Å². The summed E-state index contributed by atoms with van der Waals surface area (Å²) >= 11 is 0. The second-order valence-electron chi connectivity index (χ2n) is 2.95. The fourth-order valence-electron chi connectivity index (χ4n) is 1.27. The molecular formula is C9H17N3. The van der Waals surface area contributed by atoms with E-state index in [2.05, 4.69) is 29.4 Å². The fourth-order valence-corrected chi connectivity index (χ4v) is 1.27. The molecule has 0 aliphatic rings. The highest BCUT2D eigenvalue weighted by atomic mass is 15.1. The van der Waals surface area contributed by atoms with Gasteiger partial charge in [0.05, 0.1) is 6.20 Å². The van der Waals surface area contributed by atoms with Crippen LogP contribution in [0.25, 0.3) is 0 Å². The predicted molar refractivity (Wildman–Crippen MR) is 49.9 cm³/mol. The van der Waals surface area contributed by atoms with E-state index >= 15 is 0 Å². The van der Waals surface area contributed by atoms with Crippen molar-refractivity contribution in [1.82, 2.24) is 15.5 Å². The van der Waals surface area contributed by atoms with Crippen molar-refractivity contribution < 1.29 is 0 Å². The molecule has 3 heteroatoms. The van der Waals surface area contributed by atoms with Gasteiger partial charge in [-0.25, -0.2) is 0 Å². The zero-order valence-corrected chi connectivity index (χ0v) is 7.80. The van der Waals surface area contributed by atoms with Crippen LogP contribution >= 0.6 is 0 Å². The first-order chi connectivity index (χ1) is 5.88. The molecule has 1 aromatic heterocycles. The van der Waals surface area contributed by atoms with Crippen molar-refractivity contribution in [3.63, 3.8) is 0 Å². The number of hydrogen-bond donors (Lipinski definition) is 2. The van der Waals surface area contributed by atoms with Gasteiger partial charge in [0, 0.05) is 17.8 Å². The molecule has 1 atom stereocenters. The molecule has 12 heavy (non-hydrogen) atoms. The van der Waals surface area contributed by atoms with Crippen LogP contribution in [0, 0.1) is 0 Å². The first-order valence-electron chi connectivity index (χ1n) is 4.60. The van der Waals surface area contributed by atoms with Gasteiger partial charge in [0.15, 0.2) is 0 Å². The third-order valence-corrected chi connectivity index (χ3v) is 1.97. The van der Waals surface area contributed by atoms with Gasteiger partial charge in [-0.3, -0.25) is 5.10 Å². The topological polar surface area (TPSA) is 40.7 Å². The summed E-state index contributed by atoms with van der Waals surface area (Å²) in [5.74, 6) is 0. The van der Waals surface area contributed by atoms with Gasteiger partial charge in [-0.1, -0.05) is 13.8 Å². The minimum absolute atomic E-state index is 0.462. The molecule has 0 spiro atoms. The first-order valence-corrected chi connectivity index (χ1v) is 4.60. The molecule has 1 heterocycles. The average Bonchev–Trinajstić information content (AvgIpc) is 2.59. The van der Waals surface area contributed by atoms with Crippen molar-refractivity contribution in [3.8, 4) is 0 Å². The zero-order valence-electron chi connectivity index (χ0n) is 7.80. The predicted octanol–water partition coefficient (Wildman–Crippen LogP) is 1.86. The molecule has 0 aliphatic heterocycles. The minimum Gasteiger partial charge on any atom is -0.310 e. The summed E-state index contributed by atoms with van der Waals surface area (Å²) in [6.07, 6.45) is 6.13. The third-order valence-electron chi connectivity index (χ3n) is 1.97. The third kappa shape index (κ3) is 2.34. The number of aromatic nitrogens is 2. The molecule has 0 saturated carbocycles. The van der Waals surface area contributed by atoms with Gasteiger partial charge in [-0.15, -0.1) is 0 Å². The molecule has 1 unspecified atom stereocenters. The second-order valence-corrected chi connectivity index (χ2v) is 2.95. The summed E-state index contributed by atoms with van der Waals surface area (Å²) in [5.41, 5.74) is 1.26. The Labute approximate surface area is 73.6 Å². The van der Waals surface area contributed by atoms with E-state index in [1.807, 2.05) is 12.4 Å². The van der Waals surface area contributed by atoms with Crippen molar-refractivity contribution >= 4 is 0 Å². The van der Waals surface area contributed by atoms with E-state index in [4.69, 9.17) is 0 Å². The lowest BCUT2D eigenvalue weighted by Crippen LogP contribution is -2.20. The van der Waals surface area contributed by atoms with Crippen LogP contribution in [0.2, 0.25) is 0 Å². The molecule has 0 saturated heterocycles. The van der Waals surface area contributed by atoms with Crippen LogP contribution in [0.5, 0.6) is 0 Å². The number of nitrogens with zero attached hydrogens (tertiary/aromatic N) is 1. The zero-order chi connectivity index (χ0) is 8.81. The molecule has 1 aromatic rings. The highest BCUT2D eigenvalue weighted by Crippen LogP contribution is 2.13. The van der Waals surface area contributed by atoms with Gasteiger partial charge in [-0.2, -0.15) is 5.10 Å². The highest BCUT2D eigenvalue weighted by molar-refractivity contribution is 5.08. The number of rotatable bonds is 5. The van der Waals surface area contributed by atoms with Gasteiger partial charge < -0.3 is 5.32 Å². The first kappa shape index (κ1) is 9.26. The molecular weight excluding hydrogens is 150 g/mol. The SMILES string of the molecule is CCCNC(CC)c1cn[nH]c1. The Morgan fingerprint density at radius 2 is 2.42 bits per heavy atom.